The molecule has 2 fully saturated rings. The average molecular weight is 1340 g/mol. The third-order valence-corrected chi connectivity index (χ3v) is 18.5. The second kappa shape index (κ2) is 64.3. The molecule has 2 rings (SSSR count). The molecule has 2 aliphatic heterocycles. The molecule has 9 N–H and O–H groups in total. The van der Waals surface area contributed by atoms with Crippen molar-refractivity contribution in [1.82, 2.24) is 5.32 Å². The maximum Gasteiger partial charge on any atom is 0.220 e. The van der Waals surface area contributed by atoms with E-state index in [4.69, 9.17) is 18.9 Å². The summed E-state index contributed by atoms with van der Waals surface area (Å²) in [4.78, 5) is 13.4. The van der Waals surface area contributed by atoms with Crippen molar-refractivity contribution < 1.29 is 64.6 Å². The Balaban J connectivity index is 1.60. The van der Waals surface area contributed by atoms with E-state index in [0.717, 1.165) is 83.5 Å². The third kappa shape index (κ3) is 47.6. The Bertz CT molecular complexity index is 1970. The second-order valence-electron chi connectivity index (χ2n) is 27.1. The molecule has 0 saturated carbocycles. The van der Waals surface area contributed by atoms with Gasteiger partial charge in [-0.15, -0.1) is 0 Å². The minimum atomic E-state index is -1.79. The maximum atomic E-state index is 13.4. The van der Waals surface area contributed by atoms with E-state index in [1.807, 2.05) is 6.08 Å². The number of carbonyl (C=O) groups excluding carboxylic acids is 1. The molecule has 0 aromatic heterocycles. The fraction of sp³-hybridized carbons (Fsp3) is 0.790. The highest BCUT2D eigenvalue weighted by Crippen LogP contribution is 2.30. The molecular formula is C81H143NO13. The Hall–Kier alpha value is -3.09. The van der Waals surface area contributed by atoms with Crippen LogP contribution in [0.1, 0.15) is 316 Å². The number of aliphatic hydroxyl groups excluding tert-OH is 8. The zero-order valence-corrected chi connectivity index (χ0v) is 60.1. The molecule has 95 heavy (non-hydrogen) atoms. The van der Waals surface area contributed by atoms with Crippen LogP contribution in [0.4, 0.5) is 0 Å². The Morgan fingerprint density at radius 3 is 1.12 bits per heavy atom. The number of hydrogen-bond donors (Lipinski definition) is 9. The third-order valence-electron chi connectivity index (χ3n) is 18.5. The van der Waals surface area contributed by atoms with E-state index in [9.17, 15) is 45.6 Å². The van der Waals surface area contributed by atoms with Gasteiger partial charge in [-0.2, -0.15) is 0 Å². The van der Waals surface area contributed by atoms with Gasteiger partial charge in [0.15, 0.2) is 12.6 Å². The summed E-state index contributed by atoms with van der Waals surface area (Å²) in [5.41, 5.74) is 0. The first-order valence-corrected chi connectivity index (χ1v) is 39.0. The van der Waals surface area contributed by atoms with Crippen LogP contribution in [0, 0.1) is 0 Å². The summed E-state index contributed by atoms with van der Waals surface area (Å²) >= 11 is 0. The predicted molar refractivity (Wildman–Crippen MR) is 392 cm³/mol. The molecular weight excluding hydrogens is 1190 g/mol. The SMILES string of the molecule is CC/C=C\C/C=C\C/C=C\C/C=C\C/C=C\C/C=C\C/C=C\CCCCCCCCCCCCCCCCCCCC(=O)NC(COC1OC(CO)C(OC2OC(CO)C(O)C(O)C2O)C(O)C1O)C(O)/C=C/CCCCCCCCCCCCCCCCCCCCCC. The number of allylic oxidation sites excluding steroid dienone is 15. The maximum absolute atomic E-state index is 13.4. The molecule has 0 aromatic carbocycles. The lowest BCUT2D eigenvalue weighted by Crippen LogP contribution is -2.65. The molecule has 0 aromatic rings. The Morgan fingerprint density at radius 2 is 0.726 bits per heavy atom. The summed E-state index contributed by atoms with van der Waals surface area (Å²) < 4.78 is 22.9. The quantitative estimate of drug-likeness (QED) is 0.0204. The van der Waals surface area contributed by atoms with Crippen molar-refractivity contribution in [2.75, 3.05) is 19.8 Å². The van der Waals surface area contributed by atoms with Crippen LogP contribution in [-0.2, 0) is 23.7 Å². The number of rotatable bonds is 64. The first-order chi connectivity index (χ1) is 46.6. The van der Waals surface area contributed by atoms with Gasteiger partial charge in [-0.3, -0.25) is 4.79 Å². The van der Waals surface area contributed by atoms with Crippen LogP contribution < -0.4 is 5.32 Å². The number of hydrogen-bond acceptors (Lipinski definition) is 13. The highest BCUT2D eigenvalue weighted by atomic mass is 16.7. The first-order valence-electron chi connectivity index (χ1n) is 39.0. The van der Waals surface area contributed by atoms with Gasteiger partial charge in [-0.25, -0.2) is 0 Å². The Morgan fingerprint density at radius 1 is 0.389 bits per heavy atom. The second-order valence-corrected chi connectivity index (χ2v) is 27.1. The van der Waals surface area contributed by atoms with E-state index in [1.54, 1.807) is 6.08 Å². The zero-order chi connectivity index (χ0) is 68.7. The topological polar surface area (TPSA) is 228 Å². The van der Waals surface area contributed by atoms with Gasteiger partial charge in [0.25, 0.3) is 0 Å². The normalized spacial score (nSPS) is 22.9. The lowest BCUT2D eigenvalue weighted by molar-refractivity contribution is -0.359. The smallest absolute Gasteiger partial charge is 0.220 e. The lowest BCUT2D eigenvalue weighted by atomic mass is 9.97. The number of amides is 1. The van der Waals surface area contributed by atoms with Crippen LogP contribution in [0.3, 0.4) is 0 Å². The summed E-state index contributed by atoms with van der Waals surface area (Å²) in [5, 5.41) is 87.6. The summed E-state index contributed by atoms with van der Waals surface area (Å²) in [6.07, 6.45) is 74.7. The molecule has 12 unspecified atom stereocenters. The molecule has 14 nitrogen and oxygen atoms in total. The molecule has 0 aliphatic carbocycles. The largest absolute Gasteiger partial charge is 0.394 e. The highest BCUT2D eigenvalue weighted by Gasteiger charge is 2.51. The lowest BCUT2D eigenvalue weighted by Gasteiger charge is -2.46. The molecule has 2 aliphatic rings. The van der Waals surface area contributed by atoms with E-state index in [1.165, 1.54) is 205 Å². The van der Waals surface area contributed by atoms with E-state index in [2.05, 4.69) is 104 Å². The van der Waals surface area contributed by atoms with E-state index in [0.29, 0.717) is 6.42 Å². The van der Waals surface area contributed by atoms with Gasteiger partial charge in [0, 0.05) is 6.42 Å². The predicted octanol–water partition coefficient (Wildman–Crippen LogP) is 17.3. The van der Waals surface area contributed by atoms with Crippen molar-refractivity contribution in [2.45, 2.75) is 389 Å². The standard InChI is InChI=1S/C81H143NO13/c1-3-5-7-9-11-13-15-17-19-21-23-25-27-28-29-30-31-32-33-34-35-36-37-38-39-40-41-42-43-45-47-49-51-53-55-57-59-61-63-65-73(86)82-69(68-92-80-78(91)76(89)79(72(67-84)94-80)95-81-77(90)75(88)74(87)71(66-83)93-81)70(85)64-62-60-58-56-54-52-50-48-46-44-26-24-22-20-18-16-14-12-10-8-6-4-2/h5,7,11,13,17,19,23,25,28-29,31-32,34-35,62,64,69-72,74-81,83-85,87-91H,3-4,6,8-10,12,14-16,18,20-22,24,26-27,30,33,36-61,63,65-68H2,1-2H3,(H,82,86)/b7-5-,13-11-,19-17-,25-23-,29-28-,32-31-,35-34-,64-62+. The van der Waals surface area contributed by atoms with E-state index < -0.39 is 86.8 Å². The van der Waals surface area contributed by atoms with Crippen LogP contribution in [0.15, 0.2) is 97.2 Å². The monoisotopic (exact) mass is 1340 g/mol. The first kappa shape index (κ1) is 88.0. The Kier molecular flexibility index (Phi) is 59.6. The van der Waals surface area contributed by atoms with Gasteiger partial charge < -0.3 is 65.1 Å². The van der Waals surface area contributed by atoms with Gasteiger partial charge in [-0.1, -0.05) is 329 Å². The highest BCUT2D eigenvalue weighted by molar-refractivity contribution is 5.76. The number of nitrogens with one attached hydrogen (secondary N) is 1. The summed E-state index contributed by atoms with van der Waals surface area (Å²) in [5.74, 6) is -0.237. The molecule has 1 amide bonds. The van der Waals surface area contributed by atoms with Crippen LogP contribution in [0.25, 0.3) is 0 Å². The van der Waals surface area contributed by atoms with Gasteiger partial charge in [0.05, 0.1) is 32.0 Å². The minimum absolute atomic E-state index is 0.237. The number of aliphatic hydroxyl groups is 8. The average Bonchev–Trinajstić information content (AvgIpc) is 0.801. The summed E-state index contributed by atoms with van der Waals surface area (Å²) in [7, 11) is 0. The minimum Gasteiger partial charge on any atom is -0.394 e. The number of ether oxygens (including phenoxy) is 4. The molecule has 0 radical (unpaired) electrons. The van der Waals surface area contributed by atoms with Crippen molar-refractivity contribution >= 4 is 5.91 Å². The van der Waals surface area contributed by atoms with Crippen LogP contribution in [0.5, 0.6) is 0 Å². The van der Waals surface area contributed by atoms with Gasteiger partial charge in [0.1, 0.15) is 48.8 Å². The fourth-order valence-corrected chi connectivity index (χ4v) is 12.4. The van der Waals surface area contributed by atoms with Gasteiger partial charge in [-0.05, 0) is 77.0 Å². The van der Waals surface area contributed by atoms with Crippen molar-refractivity contribution in [2.24, 2.45) is 0 Å². The molecule has 2 heterocycles. The molecule has 550 valence electrons. The van der Waals surface area contributed by atoms with Gasteiger partial charge in [0.2, 0.25) is 5.91 Å². The van der Waals surface area contributed by atoms with Gasteiger partial charge >= 0.3 is 0 Å². The number of unbranched alkanes of at least 4 members (excludes halogenated alkanes) is 37. The Labute approximate surface area is 579 Å². The van der Waals surface area contributed by atoms with Crippen LogP contribution in [0.2, 0.25) is 0 Å². The molecule has 12 atom stereocenters. The van der Waals surface area contributed by atoms with Crippen molar-refractivity contribution in [3.8, 4) is 0 Å². The van der Waals surface area contributed by atoms with Crippen molar-refractivity contribution in [3.05, 3.63) is 97.2 Å². The number of carbonyl (C=O) groups is 1. The summed E-state index contributed by atoms with van der Waals surface area (Å²) in [6, 6.07) is -0.919. The fourth-order valence-electron chi connectivity index (χ4n) is 12.4. The van der Waals surface area contributed by atoms with Crippen LogP contribution in [-0.4, -0.2) is 140 Å². The van der Waals surface area contributed by atoms with E-state index in [-0.39, 0.29) is 18.9 Å². The van der Waals surface area contributed by atoms with E-state index >= 15 is 0 Å². The van der Waals surface area contributed by atoms with Crippen LogP contribution >= 0.6 is 0 Å². The zero-order valence-electron chi connectivity index (χ0n) is 60.1. The molecule has 14 heteroatoms. The van der Waals surface area contributed by atoms with Crippen molar-refractivity contribution in [3.63, 3.8) is 0 Å². The molecule has 0 bridgehead atoms. The molecule has 0 spiro atoms. The summed E-state index contributed by atoms with van der Waals surface area (Å²) in [6.45, 7) is 2.72. The van der Waals surface area contributed by atoms with Crippen molar-refractivity contribution in [1.29, 1.82) is 0 Å². The molecule has 2 saturated heterocycles.